The fourth-order valence-electron chi connectivity index (χ4n) is 4.84. The number of aliphatic imine (C=N–C) groups is 1. The fourth-order valence-corrected chi connectivity index (χ4v) is 4.84. The van der Waals surface area contributed by atoms with Crippen molar-refractivity contribution in [2.75, 3.05) is 39.8 Å². The van der Waals surface area contributed by atoms with Crippen molar-refractivity contribution in [2.24, 2.45) is 4.99 Å². The molecule has 0 amide bonds. The molecular formula is C26H38IN5. The highest BCUT2D eigenvalue weighted by Crippen LogP contribution is 2.24. The van der Waals surface area contributed by atoms with E-state index in [2.05, 4.69) is 86.1 Å². The van der Waals surface area contributed by atoms with Crippen LogP contribution in [0.3, 0.4) is 0 Å². The quantitative estimate of drug-likeness (QED) is 0.309. The average Bonchev–Trinajstić information content (AvgIpc) is 3.36. The van der Waals surface area contributed by atoms with Gasteiger partial charge in [-0.15, -0.1) is 24.0 Å². The number of benzene rings is 2. The molecule has 6 heteroatoms. The smallest absolute Gasteiger partial charge is 0.191 e. The van der Waals surface area contributed by atoms with Crippen LogP contribution in [-0.2, 0) is 6.54 Å². The van der Waals surface area contributed by atoms with Gasteiger partial charge in [0.15, 0.2) is 5.96 Å². The summed E-state index contributed by atoms with van der Waals surface area (Å²) in [4.78, 5) is 9.69. The molecule has 174 valence electrons. The number of likely N-dealkylation sites (tertiary alicyclic amines) is 2. The molecule has 2 fully saturated rings. The largest absolute Gasteiger partial charge is 0.354 e. The van der Waals surface area contributed by atoms with E-state index in [-0.39, 0.29) is 24.0 Å². The molecule has 0 aliphatic carbocycles. The van der Waals surface area contributed by atoms with Crippen molar-refractivity contribution in [3.05, 3.63) is 71.8 Å². The molecule has 2 aliphatic heterocycles. The van der Waals surface area contributed by atoms with E-state index in [1.807, 2.05) is 7.05 Å². The van der Waals surface area contributed by atoms with Gasteiger partial charge in [-0.3, -0.25) is 14.8 Å². The zero-order valence-corrected chi connectivity index (χ0v) is 21.6. The fraction of sp³-hybridized carbons (Fsp3) is 0.500. The molecule has 2 aliphatic rings. The van der Waals surface area contributed by atoms with Crippen LogP contribution < -0.4 is 10.6 Å². The third-order valence-corrected chi connectivity index (χ3v) is 6.63. The maximum absolute atomic E-state index is 4.52. The lowest BCUT2D eigenvalue weighted by Crippen LogP contribution is -2.49. The number of rotatable bonds is 7. The summed E-state index contributed by atoms with van der Waals surface area (Å²) in [5.74, 6) is 0.932. The third-order valence-electron chi connectivity index (χ3n) is 6.63. The van der Waals surface area contributed by atoms with Gasteiger partial charge >= 0.3 is 0 Å². The van der Waals surface area contributed by atoms with E-state index in [0.29, 0.717) is 12.1 Å². The first-order valence-corrected chi connectivity index (χ1v) is 11.8. The van der Waals surface area contributed by atoms with Crippen molar-refractivity contribution in [3.8, 4) is 0 Å². The van der Waals surface area contributed by atoms with Gasteiger partial charge in [-0.1, -0.05) is 60.7 Å². The van der Waals surface area contributed by atoms with Crippen molar-refractivity contribution in [2.45, 2.75) is 44.3 Å². The van der Waals surface area contributed by atoms with Crippen LogP contribution in [0.4, 0.5) is 0 Å². The number of guanidine groups is 1. The minimum atomic E-state index is 0. The summed E-state index contributed by atoms with van der Waals surface area (Å²) < 4.78 is 0. The van der Waals surface area contributed by atoms with E-state index in [1.165, 1.54) is 37.1 Å². The van der Waals surface area contributed by atoms with Crippen LogP contribution in [0.25, 0.3) is 0 Å². The molecule has 2 heterocycles. The highest BCUT2D eigenvalue weighted by atomic mass is 127. The molecular weight excluding hydrogens is 509 g/mol. The van der Waals surface area contributed by atoms with Crippen molar-refractivity contribution in [1.29, 1.82) is 0 Å². The molecule has 1 atom stereocenters. The van der Waals surface area contributed by atoms with E-state index in [1.54, 1.807) is 0 Å². The lowest BCUT2D eigenvalue weighted by atomic mass is 10.0. The van der Waals surface area contributed by atoms with Crippen LogP contribution in [0.15, 0.2) is 65.7 Å². The molecule has 2 saturated heterocycles. The predicted molar refractivity (Wildman–Crippen MR) is 145 cm³/mol. The minimum absolute atomic E-state index is 0. The highest BCUT2D eigenvalue weighted by molar-refractivity contribution is 14.0. The Morgan fingerprint density at radius 1 is 0.938 bits per heavy atom. The number of piperidine rings is 1. The summed E-state index contributed by atoms with van der Waals surface area (Å²) in [6, 6.07) is 22.6. The summed E-state index contributed by atoms with van der Waals surface area (Å²) >= 11 is 0. The molecule has 0 radical (unpaired) electrons. The first-order chi connectivity index (χ1) is 15.3. The second-order valence-corrected chi connectivity index (χ2v) is 8.80. The van der Waals surface area contributed by atoms with Crippen LogP contribution in [0.2, 0.25) is 0 Å². The Balaban J connectivity index is 0.00000289. The molecule has 0 spiro atoms. The van der Waals surface area contributed by atoms with Gasteiger partial charge in [0.2, 0.25) is 0 Å². The standard InChI is InChI=1S/C26H37N5.HI/c1-27-26(28-20-25(31-16-8-9-17-31)23-12-6-3-7-13-23)29-24-14-18-30(19-15-24)21-22-10-4-2-5-11-22;/h2-7,10-13,24-25H,8-9,14-21H2,1H3,(H2,27,28,29);1H. The Labute approximate surface area is 210 Å². The average molecular weight is 548 g/mol. The lowest BCUT2D eigenvalue weighted by molar-refractivity contribution is 0.198. The highest BCUT2D eigenvalue weighted by Gasteiger charge is 2.24. The normalized spacial score (nSPS) is 19.3. The first-order valence-electron chi connectivity index (χ1n) is 11.8. The van der Waals surface area contributed by atoms with Gasteiger partial charge in [-0.05, 0) is 49.9 Å². The zero-order valence-electron chi connectivity index (χ0n) is 19.2. The Kier molecular flexibility index (Phi) is 10.3. The SMILES string of the molecule is CN=C(NCC(c1ccccc1)N1CCCC1)NC1CCN(Cc2ccccc2)CC1.I. The molecule has 1 unspecified atom stereocenters. The molecule has 2 aromatic carbocycles. The van der Waals surface area contributed by atoms with E-state index in [9.17, 15) is 0 Å². The number of halogens is 1. The van der Waals surface area contributed by atoms with Gasteiger partial charge in [0.05, 0.1) is 6.04 Å². The predicted octanol–water partition coefficient (Wildman–Crippen LogP) is 4.27. The Morgan fingerprint density at radius 2 is 1.56 bits per heavy atom. The van der Waals surface area contributed by atoms with Gasteiger partial charge in [-0.25, -0.2) is 0 Å². The molecule has 32 heavy (non-hydrogen) atoms. The van der Waals surface area contributed by atoms with Crippen LogP contribution in [0.5, 0.6) is 0 Å². The van der Waals surface area contributed by atoms with Crippen LogP contribution >= 0.6 is 24.0 Å². The van der Waals surface area contributed by atoms with E-state index < -0.39 is 0 Å². The van der Waals surface area contributed by atoms with E-state index >= 15 is 0 Å². The van der Waals surface area contributed by atoms with Crippen molar-refractivity contribution >= 4 is 29.9 Å². The van der Waals surface area contributed by atoms with Gasteiger partial charge in [0.25, 0.3) is 0 Å². The van der Waals surface area contributed by atoms with Crippen molar-refractivity contribution in [1.82, 2.24) is 20.4 Å². The number of nitrogens with zero attached hydrogens (tertiary/aromatic N) is 3. The second-order valence-electron chi connectivity index (χ2n) is 8.80. The molecule has 2 aromatic rings. The Bertz CT molecular complexity index is 799. The molecule has 5 nitrogen and oxygen atoms in total. The van der Waals surface area contributed by atoms with Crippen LogP contribution in [-0.4, -0.2) is 61.6 Å². The summed E-state index contributed by atoms with van der Waals surface area (Å²) in [7, 11) is 1.88. The van der Waals surface area contributed by atoms with Crippen molar-refractivity contribution < 1.29 is 0 Å². The number of nitrogens with one attached hydrogen (secondary N) is 2. The maximum Gasteiger partial charge on any atom is 0.191 e. The molecule has 0 saturated carbocycles. The van der Waals surface area contributed by atoms with Gasteiger partial charge in [0, 0.05) is 39.3 Å². The van der Waals surface area contributed by atoms with E-state index in [4.69, 9.17) is 0 Å². The van der Waals surface area contributed by atoms with Gasteiger partial charge in [-0.2, -0.15) is 0 Å². The lowest BCUT2D eigenvalue weighted by Gasteiger charge is -2.34. The Hall–Kier alpha value is -1.64. The molecule has 0 bridgehead atoms. The van der Waals surface area contributed by atoms with Gasteiger partial charge < -0.3 is 10.6 Å². The van der Waals surface area contributed by atoms with Gasteiger partial charge in [0.1, 0.15) is 0 Å². The van der Waals surface area contributed by atoms with E-state index in [0.717, 1.165) is 45.0 Å². The van der Waals surface area contributed by atoms with Crippen molar-refractivity contribution in [3.63, 3.8) is 0 Å². The summed E-state index contributed by atoms with van der Waals surface area (Å²) in [6.45, 7) is 6.57. The molecule has 2 N–H and O–H groups in total. The first kappa shape index (κ1) is 25.0. The zero-order chi connectivity index (χ0) is 21.3. The minimum Gasteiger partial charge on any atom is -0.354 e. The van der Waals surface area contributed by atoms with Crippen LogP contribution in [0, 0.1) is 0 Å². The topological polar surface area (TPSA) is 42.9 Å². The number of hydrogen-bond donors (Lipinski definition) is 2. The number of hydrogen-bond acceptors (Lipinski definition) is 3. The summed E-state index contributed by atoms with van der Waals surface area (Å²) in [5, 5.41) is 7.31. The second kappa shape index (κ2) is 13.2. The third kappa shape index (κ3) is 7.18. The monoisotopic (exact) mass is 547 g/mol. The summed E-state index contributed by atoms with van der Waals surface area (Å²) in [6.07, 6.45) is 4.92. The summed E-state index contributed by atoms with van der Waals surface area (Å²) in [5.41, 5.74) is 2.79. The molecule has 4 rings (SSSR count). The van der Waals surface area contributed by atoms with Crippen LogP contribution in [0.1, 0.15) is 42.9 Å². The maximum atomic E-state index is 4.52. The molecule has 0 aromatic heterocycles. The Morgan fingerprint density at radius 3 is 2.19 bits per heavy atom.